The van der Waals surface area contributed by atoms with E-state index >= 15 is 0 Å². The van der Waals surface area contributed by atoms with E-state index in [9.17, 15) is 0 Å². The largest absolute Gasteiger partial charge is 0.489 e. The van der Waals surface area contributed by atoms with Crippen LogP contribution in [0, 0.1) is 24.7 Å². The maximum Gasteiger partial charge on any atom is 0.135 e. The van der Waals surface area contributed by atoms with Crippen molar-refractivity contribution in [3.63, 3.8) is 0 Å². The molecule has 1 rings (SSSR count). The summed E-state index contributed by atoms with van der Waals surface area (Å²) in [5, 5.41) is 0. The van der Waals surface area contributed by atoms with Crippen molar-refractivity contribution in [2.45, 2.75) is 46.6 Å². The van der Waals surface area contributed by atoms with E-state index in [1.165, 1.54) is 5.56 Å². The lowest BCUT2D eigenvalue weighted by molar-refractivity contribution is 0.193. The Balaban J connectivity index is 2.85. The van der Waals surface area contributed by atoms with Crippen molar-refractivity contribution < 1.29 is 4.74 Å². The number of hydrogen-bond acceptors (Lipinski definition) is 1. The van der Waals surface area contributed by atoms with Gasteiger partial charge in [0.25, 0.3) is 0 Å². The summed E-state index contributed by atoms with van der Waals surface area (Å²) in [5.41, 5.74) is 2.15. The second kappa shape index (κ2) is 8.12. The van der Waals surface area contributed by atoms with E-state index in [1.54, 1.807) is 0 Å². The molecular weight excluding hydrogens is 256 g/mol. The molecule has 0 amide bonds. The Bertz CT molecular complexity index is 454. The van der Waals surface area contributed by atoms with Crippen molar-refractivity contribution in [1.82, 2.24) is 0 Å². The average Bonchev–Trinajstić information content (AvgIpc) is 2.32. The zero-order valence-corrected chi connectivity index (χ0v) is 13.1. The van der Waals surface area contributed by atoms with Crippen LogP contribution in [-0.2, 0) is 0 Å². The third-order valence-electron chi connectivity index (χ3n) is 2.71. The number of halogens is 1. The fourth-order valence-corrected chi connectivity index (χ4v) is 2.07. The van der Waals surface area contributed by atoms with Crippen molar-refractivity contribution in [1.29, 1.82) is 0 Å². The van der Waals surface area contributed by atoms with E-state index in [0.29, 0.717) is 18.2 Å². The van der Waals surface area contributed by atoms with Crippen molar-refractivity contribution in [2.75, 3.05) is 5.88 Å². The van der Waals surface area contributed by atoms with Gasteiger partial charge in [0.1, 0.15) is 5.75 Å². The smallest absolute Gasteiger partial charge is 0.135 e. The molecule has 1 aromatic carbocycles. The van der Waals surface area contributed by atoms with Crippen LogP contribution in [0.25, 0.3) is 0 Å². The fraction of sp³-hybridized carbons (Fsp3) is 0.529. The Labute approximate surface area is 122 Å². The van der Waals surface area contributed by atoms with Gasteiger partial charge in [0.15, 0.2) is 0 Å². The molecular formula is C17H23ClO. The molecule has 1 aromatic rings. The Morgan fingerprint density at radius 2 is 2.00 bits per heavy atom. The van der Waals surface area contributed by atoms with E-state index in [1.807, 2.05) is 6.07 Å². The highest BCUT2D eigenvalue weighted by molar-refractivity contribution is 6.18. The van der Waals surface area contributed by atoms with Crippen LogP contribution in [0.15, 0.2) is 18.2 Å². The van der Waals surface area contributed by atoms with E-state index in [2.05, 4.69) is 51.7 Å². The minimum absolute atomic E-state index is 0.205. The first kappa shape index (κ1) is 15.9. The maximum absolute atomic E-state index is 6.01. The molecule has 1 atom stereocenters. The Morgan fingerprint density at radius 1 is 1.26 bits per heavy atom. The second-order valence-corrected chi connectivity index (χ2v) is 5.68. The van der Waals surface area contributed by atoms with Crippen LogP contribution in [0.3, 0.4) is 0 Å². The lowest BCUT2D eigenvalue weighted by atomic mass is 10.1. The summed E-state index contributed by atoms with van der Waals surface area (Å²) in [7, 11) is 0. The molecule has 2 heteroatoms. The number of ether oxygens (including phenoxy) is 1. The molecule has 0 aliphatic rings. The molecule has 0 aliphatic carbocycles. The molecule has 0 saturated carbocycles. The second-order valence-electron chi connectivity index (χ2n) is 5.30. The first-order valence-electron chi connectivity index (χ1n) is 6.85. The molecule has 0 radical (unpaired) electrons. The van der Waals surface area contributed by atoms with Crippen LogP contribution in [0.1, 0.15) is 44.7 Å². The SMILES string of the molecule is Cc1ccc(OC(C)CC(C)C)c(C#CCCCl)c1. The first-order valence-corrected chi connectivity index (χ1v) is 7.38. The summed E-state index contributed by atoms with van der Waals surface area (Å²) in [5.74, 6) is 8.30. The van der Waals surface area contributed by atoms with Crippen LogP contribution in [0.2, 0.25) is 0 Å². The minimum atomic E-state index is 0.205. The lowest BCUT2D eigenvalue weighted by Crippen LogP contribution is -2.15. The standard InChI is InChI=1S/C17H23ClO/c1-13(2)11-15(4)19-17-9-8-14(3)12-16(17)7-5-6-10-18/h8-9,12-13,15H,6,10-11H2,1-4H3. The zero-order valence-electron chi connectivity index (χ0n) is 12.3. The molecule has 0 aliphatic heterocycles. The van der Waals surface area contributed by atoms with Gasteiger partial charge < -0.3 is 4.74 Å². The average molecular weight is 279 g/mol. The van der Waals surface area contributed by atoms with E-state index in [-0.39, 0.29) is 6.10 Å². The van der Waals surface area contributed by atoms with Gasteiger partial charge in [-0.1, -0.05) is 31.8 Å². The van der Waals surface area contributed by atoms with Crippen molar-refractivity contribution in [3.05, 3.63) is 29.3 Å². The number of hydrogen-bond donors (Lipinski definition) is 0. The summed E-state index contributed by atoms with van der Waals surface area (Å²) in [4.78, 5) is 0. The third-order valence-corrected chi connectivity index (χ3v) is 2.90. The van der Waals surface area contributed by atoms with Gasteiger partial charge in [-0.25, -0.2) is 0 Å². The molecule has 0 saturated heterocycles. The Hall–Kier alpha value is -1.13. The Morgan fingerprint density at radius 3 is 2.63 bits per heavy atom. The highest BCUT2D eigenvalue weighted by atomic mass is 35.5. The van der Waals surface area contributed by atoms with Gasteiger partial charge in [-0.2, -0.15) is 0 Å². The predicted molar refractivity (Wildman–Crippen MR) is 82.9 cm³/mol. The number of aryl methyl sites for hydroxylation is 1. The van der Waals surface area contributed by atoms with E-state index in [0.717, 1.165) is 17.7 Å². The van der Waals surface area contributed by atoms with Crippen molar-refractivity contribution >= 4 is 11.6 Å². The molecule has 0 fully saturated rings. The van der Waals surface area contributed by atoms with Crippen LogP contribution < -0.4 is 4.74 Å². The highest BCUT2D eigenvalue weighted by Crippen LogP contribution is 2.22. The predicted octanol–water partition coefficient (Wildman–Crippen LogP) is 4.79. The molecule has 0 heterocycles. The third kappa shape index (κ3) is 6.03. The summed E-state index contributed by atoms with van der Waals surface area (Å²) in [6, 6.07) is 6.14. The van der Waals surface area contributed by atoms with Gasteiger partial charge in [-0.05, 0) is 43.9 Å². The van der Waals surface area contributed by atoms with Crippen molar-refractivity contribution in [2.24, 2.45) is 5.92 Å². The van der Waals surface area contributed by atoms with Crippen LogP contribution >= 0.6 is 11.6 Å². The fourth-order valence-electron chi connectivity index (χ4n) is 1.98. The van der Waals surface area contributed by atoms with E-state index < -0.39 is 0 Å². The summed E-state index contributed by atoms with van der Waals surface area (Å²) >= 11 is 5.65. The van der Waals surface area contributed by atoms with Crippen LogP contribution in [0.4, 0.5) is 0 Å². The first-order chi connectivity index (χ1) is 9.02. The highest BCUT2D eigenvalue weighted by Gasteiger charge is 2.09. The van der Waals surface area contributed by atoms with Gasteiger partial charge in [0.2, 0.25) is 0 Å². The quantitative estimate of drug-likeness (QED) is 0.556. The normalized spacial score (nSPS) is 11.9. The zero-order chi connectivity index (χ0) is 14.3. The molecule has 0 N–H and O–H groups in total. The van der Waals surface area contributed by atoms with Gasteiger partial charge in [0.05, 0.1) is 11.7 Å². The van der Waals surface area contributed by atoms with Gasteiger partial charge in [-0.15, -0.1) is 11.6 Å². The molecule has 0 spiro atoms. The number of alkyl halides is 1. The summed E-state index contributed by atoms with van der Waals surface area (Å²) in [6.45, 7) is 8.58. The molecule has 1 unspecified atom stereocenters. The molecule has 0 aromatic heterocycles. The van der Waals surface area contributed by atoms with E-state index in [4.69, 9.17) is 16.3 Å². The Kier molecular flexibility index (Phi) is 6.81. The monoisotopic (exact) mass is 278 g/mol. The molecule has 0 bridgehead atoms. The van der Waals surface area contributed by atoms with Gasteiger partial charge in [-0.3, -0.25) is 0 Å². The molecule has 1 nitrogen and oxygen atoms in total. The van der Waals surface area contributed by atoms with Crippen LogP contribution in [0.5, 0.6) is 5.75 Å². The van der Waals surface area contributed by atoms with Gasteiger partial charge in [0, 0.05) is 12.3 Å². The summed E-state index contributed by atoms with van der Waals surface area (Å²) < 4.78 is 6.01. The van der Waals surface area contributed by atoms with Gasteiger partial charge >= 0.3 is 0 Å². The van der Waals surface area contributed by atoms with Crippen LogP contribution in [-0.4, -0.2) is 12.0 Å². The molecule has 19 heavy (non-hydrogen) atoms. The van der Waals surface area contributed by atoms with Crippen molar-refractivity contribution in [3.8, 4) is 17.6 Å². The topological polar surface area (TPSA) is 9.23 Å². The maximum atomic E-state index is 6.01. The number of benzene rings is 1. The summed E-state index contributed by atoms with van der Waals surface area (Å²) in [6.07, 6.45) is 1.95. The lowest BCUT2D eigenvalue weighted by Gasteiger charge is -2.18. The molecule has 104 valence electrons. The number of rotatable bonds is 5. The minimum Gasteiger partial charge on any atom is -0.489 e.